The zero-order valence-electron chi connectivity index (χ0n) is 11.5. The summed E-state index contributed by atoms with van der Waals surface area (Å²) in [5, 5.41) is 13.7. The van der Waals surface area contributed by atoms with Crippen LogP contribution in [0.4, 0.5) is 0 Å². The Morgan fingerprint density at radius 1 is 1.14 bits per heavy atom. The van der Waals surface area contributed by atoms with Crippen LogP contribution in [0.2, 0.25) is 15.1 Å². The first-order valence-electron chi connectivity index (χ1n) is 6.31. The van der Waals surface area contributed by atoms with Crippen molar-refractivity contribution in [2.75, 3.05) is 6.54 Å². The number of hydrogen-bond acceptors (Lipinski definition) is 5. The Bertz CT molecular complexity index is 619. The molecule has 1 aromatic carbocycles. The number of ether oxygens (including phenoxy) is 1. The second kappa shape index (κ2) is 7.61. The van der Waals surface area contributed by atoms with E-state index >= 15 is 0 Å². The van der Waals surface area contributed by atoms with Gasteiger partial charge in [-0.05, 0) is 18.5 Å². The van der Waals surface area contributed by atoms with E-state index in [2.05, 4.69) is 29.4 Å². The standard InChI is InChI=1S/C13H14Cl3N3OS/c1-7(2)5-17-6-12-18-19-13(21-12)20-11-4-9(15)8(14)3-10(11)16/h3-4,7,17H,5-6H2,1-2H3. The quantitative estimate of drug-likeness (QED) is 0.728. The number of nitrogens with zero attached hydrogens (tertiary/aromatic N) is 2. The third-order valence-electron chi connectivity index (χ3n) is 2.45. The molecule has 1 N–H and O–H groups in total. The highest BCUT2D eigenvalue weighted by atomic mass is 35.5. The average molecular weight is 367 g/mol. The van der Waals surface area contributed by atoms with E-state index in [4.69, 9.17) is 39.5 Å². The van der Waals surface area contributed by atoms with E-state index < -0.39 is 0 Å². The van der Waals surface area contributed by atoms with Crippen LogP contribution in [0.15, 0.2) is 12.1 Å². The molecule has 0 atom stereocenters. The molecule has 0 radical (unpaired) electrons. The number of aromatic nitrogens is 2. The number of hydrogen-bond donors (Lipinski definition) is 1. The fourth-order valence-corrected chi connectivity index (χ4v) is 2.74. The predicted molar refractivity (Wildman–Crippen MR) is 88.0 cm³/mol. The Morgan fingerprint density at radius 3 is 2.57 bits per heavy atom. The first-order chi connectivity index (χ1) is 9.95. The molecule has 0 bridgehead atoms. The minimum atomic E-state index is 0.374. The first-order valence-corrected chi connectivity index (χ1v) is 8.26. The summed E-state index contributed by atoms with van der Waals surface area (Å²) in [4.78, 5) is 0. The van der Waals surface area contributed by atoms with Crippen LogP contribution >= 0.6 is 46.1 Å². The van der Waals surface area contributed by atoms with Gasteiger partial charge < -0.3 is 10.1 Å². The highest BCUT2D eigenvalue weighted by Gasteiger charge is 2.11. The highest BCUT2D eigenvalue weighted by Crippen LogP contribution is 2.36. The molecule has 0 aliphatic carbocycles. The van der Waals surface area contributed by atoms with Crippen molar-refractivity contribution < 1.29 is 4.74 Å². The van der Waals surface area contributed by atoms with Crippen LogP contribution in [0.1, 0.15) is 18.9 Å². The van der Waals surface area contributed by atoms with Crippen LogP contribution in [0, 0.1) is 5.92 Å². The molecule has 0 saturated heterocycles. The van der Waals surface area contributed by atoms with Gasteiger partial charge in [0, 0.05) is 12.6 Å². The highest BCUT2D eigenvalue weighted by molar-refractivity contribution is 7.13. The summed E-state index contributed by atoms with van der Waals surface area (Å²) in [6.45, 7) is 5.88. The van der Waals surface area contributed by atoms with Gasteiger partial charge in [-0.3, -0.25) is 0 Å². The number of rotatable bonds is 6. The molecule has 0 aliphatic heterocycles. The van der Waals surface area contributed by atoms with Crippen LogP contribution in [0.5, 0.6) is 10.9 Å². The minimum absolute atomic E-state index is 0.374. The van der Waals surface area contributed by atoms with E-state index in [0.29, 0.717) is 38.5 Å². The SMILES string of the molecule is CC(C)CNCc1nnc(Oc2cc(Cl)c(Cl)cc2Cl)s1. The zero-order chi connectivity index (χ0) is 15.4. The first kappa shape index (κ1) is 16.8. The lowest BCUT2D eigenvalue weighted by molar-refractivity contribution is 0.473. The van der Waals surface area contributed by atoms with E-state index in [1.54, 1.807) is 6.07 Å². The zero-order valence-corrected chi connectivity index (χ0v) is 14.6. The molecule has 8 heteroatoms. The van der Waals surface area contributed by atoms with E-state index in [1.807, 2.05) is 0 Å². The maximum absolute atomic E-state index is 6.05. The molecule has 0 aliphatic rings. The van der Waals surface area contributed by atoms with Crippen molar-refractivity contribution in [3.63, 3.8) is 0 Å². The molecule has 21 heavy (non-hydrogen) atoms. The van der Waals surface area contributed by atoms with Crippen LogP contribution in [-0.2, 0) is 6.54 Å². The van der Waals surface area contributed by atoms with E-state index in [0.717, 1.165) is 11.6 Å². The van der Waals surface area contributed by atoms with Crippen LogP contribution in [0.3, 0.4) is 0 Å². The van der Waals surface area contributed by atoms with Crippen molar-refractivity contribution in [1.82, 2.24) is 15.5 Å². The van der Waals surface area contributed by atoms with Crippen molar-refractivity contribution in [2.24, 2.45) is 5.92 Å². The van der Waals surface area contributed by atoms with Gasteiger partial charge in [0.15, 0.2) is 5.75 Å². The molecule has 1 aromatic heterocycles. The summed E-state index contributed by atoms with van der Waals surface area (Å²) in [5.41, 5.74) is 0. The van der Waals surface area contributed by atoms with E-state index in [9.17, 15) is 0 Å². The van der Waals surface area contributed by atoms with Gasteiger partial charge in [0.05, 0.1) is 15.1 Å². The topological polar surface area (TPSA) is 47.0 Å². The van der Waals surface area contributed by atoms with Gasteiger partial charge in [-0.15, -0.1) is 5.10 Å². The summed E-state index contributed by atoms with van der Waals surface area (Å²) < 4.78 is 5.60. The number of benzene rings is 1. The molecule has 0 saturated carbocycles. The summed E-state index contributed by atoms with van der Waals surface area (Å²) in [5.74, 6) is 0.993. The lowest BCUT2D eigenvalue weighted by Crippen LogP contribution is -2.18. The summed E-state index contributed by atoms with van der Waals surface area (Å²) >= 11 is 19.2. The number of nitrogens with one attached hydrogen (secondary N) is 1. The van der Waals surface area contributed by atoms with Gasteiger partial charge in [-0.2, -0.15) is 0 Å². The number of halogens is 3. The maximum Gasteiger partial charge on any atom is 0.299 e. The molecule has 0 spiro atoms. The van der Waals surface area contributed by atoms with Gasteiger partial charge in [0.2, 0.25) is 0 Å². The smallest absolute Gasteiger partial charge is 0.299 e. The molecule has 4 nitrogen and oxygen atoms in total. The van der Waals surface area contributed by atoms with Crippen LogP contribution in [0.25, 0.3) is 0 Å². The molecule has 2 aromatic rings. The predicted octanol–water partition coefficient (Wildman–Crippen LogP) is 5.04. The molecule has 0 fully saturated rings. The van der Waals surface area contributed by atoms with Crippen molar-refractivity contribution in [3.05, 3.63) is 32.2 Å². The Kier molecular flexibility index (Phi) is 6.08. The Balaban J connectivity index is 2.01. The van der Waals surface area contributed by atoms with E-state index in [1.165, 1.54) is 17.4 Å². The monoisotopic (exact) mass is 365 g/mol. The summed E-state index contributed by atoms with van der Waals surface area (Å²) in [7, 11) is 0. The van der Waals surface area contributed by atoms with Gasteiger partial charge in [-0.25, -0.2) is 0 Å². The lowest BCUT2D eigenvalue weighted by Gasteiger charge is -2.05. The van der Waals surface area contributed by atoms with Gasteiger partial charge >= 0.3 is 0 Å². The third-order valence-corrected chi connectivity index (χ3v) is 4.27. The summed E-state index contributed by atoms with van der Waals surface area (Å²) in [6, 6.07) is 3.09. The Hall–Kier alpha value is -0.590. The molecule has 2 rings (SSSR count). The van der Waals surface area contributed by atoms with E-state index in [-0.39, 0.29) is 0 Å². The fraction of sp³-hybridized carbons (Fsp3) is 0.385. The molecule has 1 heterocycles. The third kappa shape index (κ3) is 4.97. The molecule has 0 amide bonds. The van der Waals surface area contributed by atoms with Crippen LogP contribution in [-0.4, -0.2) is 16.7 Å². The Morgan fingerprint density at radius 2 is 1.86 bits per heavy atom. The van der Waals surface area contributed by atoms with Crippen molar-refractivity contribution >= 4 is 46.1 Å². The summed E-state index contributed by atoms with van der Waals surface area (Å²) in [6.07, 6.45) is 0. The Labute approximate surface area is 142 Å². The largest absolute Gasteiger partial charge is 0.428 e. The second-order valence-electron chi connectivity index (χ2n) is 4.79. The van der Waals surface area contributed by atoms with Crippen molar-refractivity contribution in [2.45, 2.75) is 20.4 Å². The van der Waals surface area contributed by atoms with Crippen molar-refractivity contribution in [1.29, 1.82) is 0 Å². The van der Waals surface area contributed by atoms with Gasteiger partial charge in [0.1, 0.15) is 5.01 Å². The fourth-order valence-electron chi connectivity index (χ4n) is 1.50. The van der Waals surface area contributed by atoms with Crippen LogP contribution < -0.4 is 10.1 Å². The average Bonchev–Trinajstić information content (AvgIpc) is 2.83. The maximum atomic E-state index is 6.05. The van der Waals surface area contributed by atoms with Crippen molar-refractivity contribution in [3.8, 4) is 10.9 Å². The second-order valence-corrected chi connectivity index (χ2v) is 7.03. The normalized spacial score (nSPS) is 11.1. The molecule has 0 unspecified atom stereocenters. The molecule has 114 valence electrons. The minimum Gasteiger partial charge on any atom is -0.428 e. The lowest BCUT2D eigenvalue weighted by atomic mass is 10.2. The molecular weight excluding hydrogens is 353 g/mol. The molecular formula is C13H14Cl3N3OS. The van der Waals surface area contributed by atoms with Gasteiger partial charge in [-0.1, -0.05) is 65.1 Å². The van der Waals surface area contributed by atoms with Gasteiger partial charge in [0.25, 0.3) is 5.19 Å².